The first-order valence-corrected chi connectivity index (χ1v) is 12.0. The quantitative estimate of drug-likeness (QED) is 0.271. The first-order valence-electron chi connectivity index (χ1n) is 11.7. The predicted molar refractivity (Wildman–Crippen MR) is 144 cm³/mol. The molecule has 0 amide bonds. The number of aromatic amines is 1. The number of alkyl halides is 3. The van der Waals surface area contributed by atoms with Crippen molar-refractivity contribution in [1.82, 2.24) is 19.5 Å². The van der Waals surface area contributed by atoms with Gasteiger partial charge in [-0.1, -0.05) is 54.1 Å². The van der Waals surface area contributed by atoms with Crippen LogP contribution in [0.5, 0.6) is 0 Å². The summed E-state index contributed by atoms with van der Waals surface area (Å²) in [4.78, 5) is 37.0. The first kappa shape index (κ1) is 24.6. The third kappa shape index (κ3) is 4.26. The van der Waals surface area contributed by atoms with E-state index >= 15 is 0 Å². The highest BCUT2D eigenvalue weighted by atomic mass is 35.5. The van der Waals surface area contributed by atoms with Crippen molar-refractivity contribution in [3.05, 3.63) is 123 Å². The molecule has 1 N–H and O–H groups in total. The topological polar surface area (TPSA) is 80.6 Å². The van der Waals surface area contributed by atoms with Crippen molar-refractivity contribution in [2.45, 2.75) is 6.18 Å². The van der Waals surface area contributed by atoms with E-state index in [1.54, 1.807) is 54.7 Å². The Morgan fingerprint density at radius 1 is 0.846 bits per heavy atom. The summed E-state index contributed by atoms with van der Waals surface area (Å²) >= 11 is 6.54. The molecule has 0 aliphatic heterocycles. The zero-order chi connectivity index (χ0) is 27.3. The lowest BCUT2D eigenvalue weighted by Crippen LogP contribution is -2.33. The molecular weight excluding hydrogens is 529 g/mol. The van der Waals surface area contributed by atoms with Crippen LogP contribution >= 0.6 is 11.6 Å². The maximum Gasteiger partial charge on any atom is 0.433 e. The molecule has 0 aliphatic carbocycles. The van der Waals surface area contributed by atoms with Crippen LogP contribution in [0.25, 0.3) is 49.6 Å². The van der Waals surface area contributed by atoms with Gasteiger partial charge in [0.2, 0.25) is 0 Å². The number of hydrogen-bond donors (Lipinski definition) is 1. The minimum Gasteiger partial charge on any atom is -0.306 e. The minimum atomic E-state index is -4.61. The van der Waals surface area contributed by atoms with E-state index in [9.17, 15) is 22.8 Å². The Balaban J connectivity index is 1.54. The summed E-state index contributed by atoms with van der Waals surface area (Å²) in [5.74, 6) is 0. The predicted octanol–water partition coefficient (Wildman–Crippen LogP) is 6.63. The zero-order valence-electron chi connectivity index (χ0n) is 19.8. The van der Waals surface area contributed by atoms with Crippen LogP contribution in [-0.2, 0) is 6.18 Å². The third-order valence-corrected chi connectivity index (χ3v) is 6.76. The fraction of sp³-hybridized carbons (Fsp3) is 0.0345. The average Bonchev–Trinajstić information content (AvgIpc) is 2.92. The molecular formula is C29H16ClF3N4O2. The van der Waals surface area contributed by atoms with E-state index in [2.05, 4.69) is 15.0 Å². The number of halogens is 4. The van der Waals surface area contributed by atoms with Crippen molar-refractivity contribution in [3.63, 3.8) is 0 Å². The number of pyridine rings is 2. The molecule has 0 radical (unpaired) electrons. The van der Waals surface area contributed by atoms with E-state index in [1.807, 2.05) is 12.1 Å². The number of fused-ring (bicyclic) bond motifs is 2. The number of aromatic nitrogens is 4. The van der Waals surface area contributed by atoms with Crippen LogP contribution in [0, 0.1) is 0 Å². The summed E-state index contributed by atoms with van der Waals surface area (Å²) in [5, 5.41) is 1.98. The second-order valence-corrected chi connectivity index (χ2v) is 9.21. The largest absolute Gasteiger partial charge is 0.433 e. The highest BCUT2D eigenvalue weighted by molar-refractivity contribution is 6.34. The molecule has 0 bridgehead atoms. The number of hydrogen-bond acceptors (Lipinski definition) is 4. The van der Waals surface area contributed by atoms with Gasteiger partial charge in [-0.25, -0.2) is 9.36 Å². The molecule has 6 aromatic rings. The van der Waals surface area contributed by atoms with Crippen LogP contribution in [0.15, 0.2) is 101 Å². The Labute approximate surface area is 223 Å². The number of nitrogens with one attached hydrogen (secondary N) is 1. The molecule has 3 aromatic carbocycles. The molecule has 0 atom stereocenters. The van der Waals surface area contributed by atoms with Gasteiger partial charge >= 0.3 is 11.9 Å². The van der Waals surface area contributed by atoms with E-state index in [-0.39, 0.29) is 21.5 Å². The van der Waals surface area contributed by atoms with Crippen molar-refractivity contribution in [2.75, 3.05) is 0 Å². The van der Waals surface area contributed by atoms with Crippen molar-refractivity contribution in [2.24, 2.45) is 0 Å². The maximum absolute atomic E-state index is 13.5. The summed E-state index contributed by atoms with van der Waals surface area (Å²) < 4.78 is 41.0. The molecule has 0 unspecified atom stereocenters. The molecule has 6 rings (SSSR count). The monoisotopic (exact) mass is 544 g/mol. The summed E-state index contributed by atoms with van der Waals surface area (Å²) in [6.45, 7) is 0. The summed E-state index contributed by atoms with van der Waals surface area (Å²) in [7, 11) is 0. The van der Waals surface area contributed by atoms with Gasteiger partial charge in [0.25, 0.3) is 5.56 Å². The van der Waals surface area contributed by atoms with Crippen LogP contribution < -0.4 is 11.2 Å². The molecule has 0 saturated heterocycles. The van der Waals surface area contributed by atoms with Gasteiger partial charge in [-0.05, 0) is 47.0 Å². The number of benzene rings is 3. The molecule has 6 nitrogen and oxygen atoms in total. The van der Waals surface area contributed by atoms with E-state index < -0.39 is 23.1 Å². The Bertz CT molecular complexity index is 2030. The first-order chi connectivity index (χ1) is 18.7. The van der Waals surface area contributed by atoms with Gasteiger partial charge < -0.3 is 4.98 Å². The van der Waals surface area contributed by atoms with Crippen LogP contribution in [0.4, 0.5) is 13.2 Å². The van der Waals surface area contributed by atoms with E-state index in [4.69, 9.17) is 11.6 Å². The normalized spacial score (nSPS) is 11.8. The highest BCUT2D eigenvalue weighted by Gasteiger charge is 2.32. The highest BCUT2D eigenvalue weighted by Crippen LogP contribution is 2.39. The maximum atomic E-state index is 13.5. The lowest BCUT2D eigenvalue weighted by Gasteiger charge is -2.15. The Morgan fingerprint density at radius 3 is 2.49 bits per heavy atom. The smallest absolute Gasteiger partial charge is 0.306 e. The van der Waals surface area contributed by atoms with Crippen molar-refractivity contribution >= 4 is 33.3 Å². The second-order valence-electron chi connectivity index (χ2n) is 8.80. The fourth-order valence-electron chi connectivity index (χ4n) is 4.68. The molecule has 3 heterocycles. The van der Waals surface area contributed by atoms with Gasteiger partial charge in [-0.15, -0.1) is 0 Å². The van der Waals surface area contributed by atoms with Crippen LogP contribution in [0.2, 0.25) is 5.02 Å². The van der Waals surface area contributed by atoms with Gasteiger partial charge in [0.05, 0.1) is 22.8 Å². The summed E-state index contributed by atoms with van der Waals surface area (Å²) in [6.07, 6.45) is -0.422. The van der Waals surface area contributed by atoms with Gasteiger partial charge in [0.15, 0.2) is 0 Å². The lowest BCUT2D eigenvalue weighted by atomic mass is 9.94. The van der Waals surface area contributed by atoms with Crippen LogP contribution in [0.3, 0.4) is 0 Å². The van der Waals surface area contributed by atoms with Crippen LogP contribution in [-0.4, -0.2) is 19.5 Å². The zero-order valence-corrected chi connectivity index (χ0v) is 20.6. The molecule has 3 aromatic heterocycles. The molecule has 0 spiro atoms. The Morgan fingerprint density at radius 2 is 1.67 bits per heavy atom. The van der Waals surface area contributed by atoms with Crippen LogP contribution in [0.1, 0.15) is 5.69 Å². The van der Waals surface area contributed by atoms with E-state index in [0.717, 1.165) is 22.2 Å². The molecule has 0 aliphatic rings. The molecule has 0 saturated carbocycles. The molecule has 0 fully saturated rings. The summed E-state index contributed by atoms with van der Waals surface area (Å²) in [6, 6.07) is 19.4. The van der Waals surface area contributed by atoms with Gasteiger partial charge in [-0.3, -0.25) is 14.8 Å². The number of H-pyrrole nitrogens is 1. The summed E-state index contributed by atoms with van der Waals surface area (Å²) in [5.41, 5.74) is 0.0249. The van der Waals surface area contributed by atoms with E-state index in [1.165, 1.54) is 12.3 Å². The standard InChI is InChI=1S/C29H16ClF3N4O2/c30-22-7-3-6-20(16-10-11-35-25(13-16)29(31,32)33)26(22)17-8-9-21-23(12-17)36-28(39)37(27(21)38)24-15-34-14-18-4-1-2-5-19(18)24/h1-15H,(H,36,39). The number of nitrogens with zero attached hydrogens (tertiary/aromatic N) is 3. The Kier molecular flexibility index (Phi) is 5.80. The van der Waals surface area contributed by atoms with E-state index in [0.29, 0.717) is 27.8 Å². The number of rotatable bonds is 3. The van der Waals surface area contributed by atoms with Crippen molar-refractivity contribution in [1.29, 1.82) is 0 Å². The molecule has 39 heavy (non-hydrogen) atoms. The SMILES string of the molecule is O=c1[nH]c2cc(-c3c(Cl)cccc3-c3ccnc(C(F)(F)F)c3)ccc2c(=O)n1-c1cncc2ccccc12. The fourth-order valence-corrected chi connectivity index (χ4v) is 4.97. The molecule has 192 valence electrons. The second kappa shape index (κ2) is 9.21. The van der Waals surface area contributed by atoms with Gasteiger partial charge in [0, 0.05) is 33.8 Å². The van der Waals surface area contributed by atoms with Crippen molar-refractivity contribution < 1.29 is 13.2 Å². The average molecular weight is 545 g/mol. The van der Waals surface area contributed by atoms with Crippen molar-refractivity contribution in [3.8, 4) is 27.9 Å². The molecule has 10 heteroatoms. The Hall–Kier alpha value is -4.76. The lowest BCUT2D eigenvalue weighted by molar-refractivity contribution is -0.141. The minimum absolute atomic E-state index is 0.239. The third-order valence-electron chi connectivity index (χ3n) is 6.45. The van der Waals surface area contributed by atoms with Gasteiger partial charge in [0.1, 0.15) is 5.69 Å². The van der Waals surface area contributed by atoms with Gasteiger partial charge in [-0.2, -0.15) is 13.2 Å².